The summed E-state index contributed by atoms with van der Waals surface area (Å²) in [6.45, 7) is -0.384. The molecule has 1 aliphatic rings. The number of nitrogens with one attached hydrogen (secondary N) is 1. The largest absolute Gasteiger partial charge is 0.394 e. The van der Waals surface area contributed by atoms with Gasteiger partial charge in [0.15, 0.2) is 0 Å². The van der Waals surface area contributed by atoms with E-state index >= 15 is 0 Å². The molecule has 2 aromatic rings. The Morgan fingerprint density at radius 3 is 2.89 bits per heavy atom. The molecule has 1 aliphatic heterocycles. The number of hydrogen-bond acceptors (Lipinski definition) is 7. The Labute approximate surface area is 111 Å². The van der Waals surface area contributed by atoms with Crippen LogP contribution in [0, 0.1) is 0 Å². The van der Waals surface area contributed by atoms with Crippen molar-refractivity contribution in [1.82, 2.24) is 9.97 Å². The summed E-state index contributed by atoms with van der Waals surface area (Å²) in [4.78, 5) is 18.1. The number of aliphatic hydroxyl groups excluding tert-OH is 3. The smallest absolute Gasteiger partial charge is 0.268 e. The number of nitrogens with zero attached hydrogens (tertiary/aromatic N) is 1. The van der Waals surface area contributed by atoms with E-state index in [1.54, 1.807) is 5.38 Å². The van der Waals surface area contributed by atoms with Gasteiger partial charge in [0, 0.05) is 5.56 Å². The van der Waals surface area contributed by atoms with Crippen molar-refractivity contribution in [1.29, 1.82) is 0 Å². The van der Waals surface area contributed by atoms with Gasteiger partial charge in [0.2, 0.25) is 0 Å². The highest BCUT2D eigenvalue weighted by Gasteiger charge is 2.44. The summed E-state index contributed by atoms with van der Waals surface area (Å²) in [5.41, 5.74) is 0.741. The molecule has 4 atom stereocenters. The highest BCUT2D eigenvalue weighted by Crippen LogP contribution is 2.37. The second-order valence-corrected chi connectivity index (χ2v) is 5.24. The van der Waals surface area contributed by atoms with Gasteiger partial charge in [0.25, 0.3) is 5.56 Å². The molecular weight excluding hydrogens is 272 g/mol. The lowest BCUT2D eigenvalue weighted by Crippen LogP contribution is -2.32. The van der Waals surface area contributed by atoms with Gasteiger partial charge in [-0.15, -0.1) is 11.3 Å². The number of fused-ring (bicyclic) bond motifs is 1. The number of aliphatic hydroxyl groups is 3. The van der Waals surface area contributed by atoms with Gasteiger partial charge < -0.3 is 25.0 Å². The Morgan fingerprint density at radius 2 is 2.21 bits per heavy atom. The Kier molecular flexibility index (Phi) is 3.11. The van der Waals surface area contributed by atoms with Gasteiger partial charge in [-0.1, -0.05) is 0 Å². The third-order valence-corrected chi connectivity index (χ3v) is 4.22. The number of aromatic nitrogens is 2. The van der Waals surface area contributed by atoms with Gasteiger partial charge in [-0.25, -0.2) is 4.98 Å². The predicted octanol–water partition coefficient (Wildman–Crippen LogP) is -0.861. The van der Waals surface area contributed by atoms with E-state index in [-0.39, 0.29) is 12.2 Å². The van der Waals surface area contributed by atoms with E-state index in [0.717, 1.165) is 0 Å². The second-order valence-electron chi connectivity index (χ2n) is 4.36. The summed E-state index contributed by atoms with van der Waals surface area (Å²) in [6, 6.07) is 0. The van der Waals surface area contributed by atoms with Crippen LogP contribution in [-0.2, 0) is 4.74 Å². The molecule has 0 amide bonds. The summed E-state index contributed by atoms with van der Waals surface area (Å²) >= 11 is 1.20. The van der Waals surface area contributed by atoms with E-state index in [9.17, 15) is 15.0 Å². The third kappa shape index (κ3) is 1.88. The molecule has 1 saturated heterocycles. The number of H-pyrrole nitrogens is 1. The highest BCUT2D eigenvalue weighted by molar-refractivity contribution is 7.17. The molecule has 8 heteroatoms. The quantitative estimate of drug-likeness (QED) is 0.570. The van der Waals surface area contributed by atoms with Crippen molar-refractivity contribution >= 4 is 21.6 Å². The van der Waals surface area contributed by atoms with Crippen LogP contribution in [0.4, 0.5) is 0 Å². The Hall–Kier alpha value is -1.32. The summed E-state index contributed by atoms with van der Waals surface area (Å²) in [5, 5.41) is 30.4. The van der Waals surface area contributed by atoms with Gasteiger partial charge in [0.05, 0.1) is 18.5 Å². The highest BCUT2D eigenvalue weighted by atomic mass is 32.1. The Bertz CT molecular complexity index is 654. The fourth-order valence-corrected chi connectivity index (χ4v) is 3.18. The number of aromatic amines is 1. The van der Waals surface area contributed by atoms with Crippen molar-refractivity contribution in [2.75, 3.05) is 6.61 Å². The van der Waals surface area contributed by atoms with Gasteiger partial charge in [-0.2, -0.15) is 0 Å². The standard InChI is InChI=1S/C11H12N2O5S/c14-1-5-7(15)8(16)9(18-5)4-2-19-10-6(4)12-3-13-11(10)17/h2-3,5,7-9,14-16H,1H2,(H,12,13,17)/t5-,7-,8-,9-/m1/s1. The number of rotatable bonds is 2. The van der Waals surface area contributed by atoms with Crippen LogP contribution in [0.3, 0.4) is 0 Å². The maximum absolute atomic E-state index is 11.6. The summed E-state index contributed by atoms with van der Waals surface area (Å²) in [7, 11) is 0. The second kappa shape index (κ2) is 4.66. The van der Waals surface area contributed by atoms with Crippen molar-refractivity contribution in [3.8, 4) is 0 Å². The monoisotopic (exact) mass is 284 g/mol. The van der Waals surface area contributed by atoms with Gasteiger partial charge in [-0.3, -0.25) is 4.79 Å². The minimum absolute atomic E-state index is 0.256. The molecule has 3 heterocycles. The van der Waals surface area contributed by atoms with Crippen molar-refractivity contribution in [3.63, 3.8) is 0 Å². The minimum atomic E-state index is -1.16. The van der Waals surface area contributed by atoms with E-state index in [2.05, 4.69) is 9.97 Å². The molecule has 2 aromatic heterocycles. The SMILES string of the molecule is O=c1[nH]cnc2c([C@H]3O[C@H](CO)[C@@H](O)[C@H]3O)csc12. The van der Waals surface area contributed by atoms with Crippen LogP contribution >= 0.6 is 11.3 Å². The molecular formula is C11H12N2O5S. The fraction of sp³-hybridized carbons (Fsp3) is 0.455. The molecule has 4 N–H and O–H groups in total. The molecule has 19 heavy (non-hydrogen) atoms. The van der Waals surface area contributed by atoms with E-state index in [0.29, 0.717) is 15.8 Å². The third-order valence-electron chi connectivity index (χ3n) is 3.24. The molecule has 7 nitrogen and oxygen atoms in total. The zero-order valence-electron chi connectivity index (χ0n) is 9.68. The normalized spacial score (nSPS) is 31.1. The molecule has 0 bridgehead atoms. The van der Waals surface area contributed by atoms with Crippen LogP contribution in [0.1, 0.15) is 11.7 Å². The Morgan fingerprint density at radius 1 is 1.42 bits per heavy atom. The van der Waals surface area contributed by atoms with E-state index in [1.807, 2.05) is 0 Å². The van der Waals surface area contributed by atoms with Crippen molar-refractivity contribution < 1.29 is 20.1 Å². The van der Waals surface area contributed by atoms with Crippen molar-refractivity contribution in [3.05, 3.63) is 27.6 Å². The topological polar surface area (TPSA) is 116 Å². The molecule has 0 aliphatic carbocycles. The summed E-state index contributed by atoms with van der Waals surface area (Å²) in [5.74, 6) is 0. The number of ether oxygens (including phenoxy) is 1. The zero-order chi connectivity index (χ0) is 13.6. The molecule has 0 radical (unpaired) electrons. The maximum atomic E-state index is 11.6. The van der Waals surface area contributed by atoms with Crippen LogP contribution in [0.2, 0.25) is 0 Å². The predicted molar refractivity (Wildman–Crippen MR) is 67.0 cm³/mol. The molecule has 0 saturated carbocycles. The van der Waals surface area contributed by atoms with Gasteiger partial charge >= 0.3 is 0 Å². The van der Waals surface area contributed by atoms with Gasteiger partial charge in [0.1, 0.15) is 29.1 Å². The molecule has 1 fully saturated rings. The van der Waals surface area contributed by atoms with Crippen LogP contribution in [0.25, 0.3) is 10.2 Å². The number of hydrogen-bond donors (Lipinski definition) is 4. The first kappa shape index (κ1) is 12.7. The molecule has 0 unspecified atom stereocenters. The fourth-order valence-electron chi connectivity index (χ4n) is 2.24. The van der Waals surface area contributed by atoms with Gasteiger partial charge in [-0.05, 0) is 5.38 Å². The van der Waals surface area contributed by atoms with Crippen LogP contribution in [0.15, 0.2) is 16.5 Å². The Balaban J connectivity index is 2.06. The average molecular weight is 284 g/mol. The first-order chi connectivity index (χ1) is 9.13. The summed E-state index contributed by atoms with van der Waals surface area (Å²) in [6.07, 6.45) is -2.67. The summed E-state index contributed by atoms with van der Waals surface area (Å²) < 4.78 is 5.87. The minimum Gasteiger partial charge on any atom is -0.394 e. The maximum Gasteiger partial charge on any atom is 0.268 e. The van der Waals surface area contributed by atoms with Crippen LogP contribution in [0.5, 0.6) is 0 Å². The molecule has 3 rings (SSSR count). The lowest BCUT2D eigenvalue weighted by molar-refractivity contribution is -0.0223. The van der Waals surface area contributed by atoms with E-state index < -0.39 is 24.4 Å². The zero-order valence-corrected chi connectivity index (χ0v) is 10.5. The molecule has 0 aromatic carbocycles. The van der Waals surface area contributed by atoms with Crippen molar-refractivity contribution in [2.45, 2.75) is 24.4 Å². The van der Waals surface area contributed by atoms with E-state index in [1.165, 1.54) is 17.7 Å². The lowest BCUT2D eigenvalue weighted by atomic mass is 10.0. The number of thiophene rings is 1. The first-order valence-electron chi connectivity index (χ1n) is 5.70. The lowest BCUT2D eigenvalue weighted by Gasteiger charge is -2.13. The van der Waals surface area contributed by atoms with Crippen molar-refractivity contribution in [2.24, 2.45) is 0 Å². The molecule has 102 valence electrons. The van der Waals surface area contributed by atoms with E-state index in [4.69, 9.17) is 9.84 Å². The first-order valence-corrected chi connectivity index (χ1v) is 6.58. The van der Waals surface area contributed by atoms with Crippen LogP contribution < -0.4 is 5.56 Å². The van der Waals surface area contributed by atoms with Crippen LogP contribution in [-0.4, -0.2) is 50.2 Å². The average Bonchev–Trinajstić information content (AvgIpc) is 2.94. The molecule has 0 spiro atoms.